The van der Waals surface area contributed by atoms with Gasteiger partial charge in [0, 0.05) is 0 Å². The van der Waals surface area contributed by atoms with E-state index in [-0.39, 0.29) is 7.85 Å². The molecule has 1 aromatic rings. The van der Waals surface area contributed by atoms with Crippen LogP contribution in [-0.2, 0) is 0 Å². The number of hydrogen-bond donors (Lipinski definition) is 0. The predicted octanol–water partition coefficient (Wildman–Crippen LogP) is 0.984. The van der Waals surface area contributed by atoms with Crippen molar-refractivity contribution >= 4 is 36.5 Å². The number of hydrogen-bond acceptors (Lipinski definition) is 0. The van der Waals surface area contributed by atoms with Crippen LogP contribution in [0.15, 0.2) is 18.2 Å². The fraction of sp³-hybridized carbons (Fsp3) is 0. The van der Waals surface area contributed by atoms with E-state index < -0.39 is 0 Å². The van der Waals surface area contributed by atoms with Crippen molar-refractivity contribution in [1.29, 1.82) is 0 Å². The van der Waals surface area contributed by atoms with Crippen molar-refractivity contribution in [3.8, 4) is 0 Å². The van der Waals surface area contributed by atoms with Crippen molar-refractivity contribution < 1.29 is 0 Å². The van der Waals surface area contributed by atoms with Crippen LogP contribution in [0.4, 0.5) is 0 Å². The van der Waals surface area contributed by atoms with Gasteiger partial charge in [-0.25, -0.2) is 5.46 Å². The second-order valence-corrected chi connectivity index (χ2v) is 2.15. The summed E-state index contributed by atoms with van der Waals surface area (Å²) in [6.07, 6.45) is 0. The van der Waals surface area contributed by atoms with E-state index in [9.17, 15) is 0 Å². The Balaban J connectivity index is 3.17. The van der Waals surface area contributed by atoms with Crippen molar-refractivity contribution in [3.63, 3.8) is 0 Å². The molecule has 0 fully saturated rings. The molecule has 0 saturated carbocycles. The van der Waals surface area contributed by atoms with Crippen LogP contribution in [0.5, 0.6) is 0 Å². The first-order valence-corrected chi connectivity index (χ1v) is 2.87. The Labute approximate surface area is 65.2 Å². The van der Waals surface area contributed by atoms with Gasteiger partial charge in [-0.1, -0.05) is 35.3 Å². The maximum Gasteiger partial charge on any atom is 0.0589 e. The summed E-state index contributed by atoms with van der Waals surface area (Å²) in [5, 5.41) is 1.34. The van der Waals surface area contributed by atoms with E-state index in [2.05, 4.69) is 0 Å². The number of benzene rings is 1. The first-order valence-electron chi connectivity index (χ1n) is 2.12. The zero-order valence-corrected chi connectivity index (χ0v) is 5.50. The van der Waals surface area contributed by atoms with Crippen LogP contribution in [-0.4, -0.2) is 7.85 Å². The highest BCUT2D eigenvalue weighted by Crippen LogP contribution is 2.18. The Kier molecular flexibility index (Phi) is 2.04. The first-order chi connectivity index (χ1) is 4.20. The molecule has 0 radical (unpaired) electrons. The third-order valence-corrected chi connectivity index (χ3v) is 1.50. The lowest BCUT2D eigenvalue weighted by molar-refractivity contribution is 1.76. The summed E-state index contributed by atoms with van der Waals surface area (Å²) < 4.78 is 0. The van der Waals surface area contributed by atoms with Crippen molar-refractivity contribution in [2.45, 2.75) is 0 Å². The van der Waals surface area contributed by atoms with Gasteiger partial charge in [-0.3, -0.25) is 0 Å². The van der Waals surface area contributed by atoms with Gasteiger partial charge in [0.2, 0.25) is 0 Å². The van der Waals surface area contributed by atoms with E-state index in [1.165, 1.54) is 5.46 Å². The molecule has 0 amide bonds. The zero-order chi connectivity index (χ0) is 6.85. The molecular weight excluding hydrogens is 154 g/mol. The Morgan fingerprint density at radius 2 is 1.78 bits per heavy atom. The molecular formula is C6H6BCl2-. The van der Waals surface area contributed by atoms with E-state index >= 15 is 0 Å². The summed E-state index contributed by atoms with van der Waals surface area (Å²) >= 11 is 11.4. The summed E-state index contributed by atoms with van der Waals surface area (Å²) in [6.45, 7) is 0. The molecule has 0 saturated heterocycles. The fourth-order valence-electron chi connectivity index (χ4n) is 0.391. The average molecular weight is 160 g/mol. The normalized spacial score (nSPS) is 9.67. The second-order valence-electron chi connectivity index (χ2n) is 1.34. The van der Waals surface area contributed by atoms with Gasteiger partial charge >= 0.3 is 0 Å². The minimum absolute atomic E-state index is 0.269. The van der Waals surface area contributed by atoms with Crippen LogP contribution in [0.25, 0.3) is 0 Å². The lowest BCUT2D eigenvalue weighted by atomic mass is 9.97. The minimum Gasteiger partial charge on any atom is -0.219 e. The molecule has 0 aliphatic heterocycles. The van der Waals surface area contributed by atoms with Gasteiger partial charge in [-0.2, -0.15) is 0 Å². The average Bonchev–Trinajstić information content (AvgIpc) is 1.80. The maximum absolute atomic E-state index is 5.72. The molecule has 0 atom stereocenters. The molecule has 1 rings (SSSR count). The standard InChI is InChI=1S/C6H6BCl2/c7-4-1-2-5(8)6(9)3-4/h1-3H,7H3/q-1. The number of rotatable bonds is 0. The van der Waals surface area contributed by atoms with Crippen molar-refractivity contribution in [2.24, 2.45) is 0 Å². The van der Waals surface area contributed by atoms with E-state index in [1.54, 1.807) is 0 Å². The van der Waals surface area contributed by atoms with Crippen LogP contribution in [0, 0.1) is 0 Å². The van der Waals surface area contributed by atoms with Crippen molar-refractivity contribution in [2.75, 3.05) is 0 Å². The summed E-state index contributed by atoms with van der Waals surface area (Å²) in [6, 6.07) is 5.84. The third-order valence-electron chi connectivity index (χ3n) is 0.764. The molecule has 0 heterocycles. The van der Waals surface area contributed by atoms with Crippen molar-refractivity contribution in [3.05, 3.63) is 28.2 Å². The van der Waals surface area contributed by atoms with E-state index in [0.29, 0.717) is 10.0 Å². The van der Waals surface area contributed by atoms with Crippen molar-refractivity contribution in [1.82, 2.24) is 0 Å². The monoisotopic (exact) mass is 159 g/mol. The second kappa shape index (κ2) is 2.63. The van der Waals surface area contributed by atoms with Crippen LogP contribution < -0.4 is 5.46 Å². The molecule has 0 nitrogen and oxygen atoms in total. The Hall–Kier alpha value is -0.135. The Morgan fingerprint density at radius 1 is 1.11 bits per heavy atom. The van der Waals surface area contributed by atoms with E-state index in [0.717, 1.165) is 0 Å². The molecule has 48 valence electrons. The first kappa shape index (κ1) is 6.98. The van der Waals surface area contributed by atoms with E-state index in [1.807, 2.05) is 18.2 Å². The molecule has 0 aliphatic rings. The van der Waals surface area contributed by atoms with E-state index in [4.69, 9.17) is 23.2 Å². The minimum atomic E-state index is 0.269. The van der Waals surface area contributed by atoms with Gasteiger partial charge in [0.05, 0.1) is 10.0 Å². The summed E-state index contributed by atoms with van der Waals surface area (Å²) in [5.74, 6) is 0. The smallest absolute Gasteiger partial charge is 0.0589 e. The summed E-state index contributed by atoms with van der Waals surface area (Å²) in [7, 11) is 0.269. The highest BCUT2D eigenvalue weighted by molar-refractivity contribution is 6.43. The lowest BCUT2D eigenvalue weighted by Crippen LogP contribution is -1.99. The number of halogens is 2. The van der Waals surface area contributed by atoms with Gasteiger partial charge in [0.15, 0.2) is 0 Å². The van der Waals surface area contributed by atoms with Crippen LogP contribution in [0.3, 0.4) is 0 Å². The van der Waals surface area contributed by atoms with Gasteiger partial charge in [0.25, 0.3) is 0 Å². The Morgan fingerprint density at radius 3 is 2.22 bits per heavy atom. The molecule has 0 unspecified atom stereocenters. The topological polar surface area (TPSA) is 0 Å². The molecule has 1 aromatic carbocycles. The lowest BCUT2D eigenvalue weighted by Gasteiger charge is -1.98. The predicted molar refractivity (Wildman–Crippen MR) is 46.0 cm³/mol. The fourth-order valence-corrected chi connectivity index (χ4v) is 0.635. The van der Waals surface area contributed by atoms with Gasteiger partial charge in [-0.05, 0) is 13.9 Å². The summed E-state index contributed by atoms with van der Waals surface area (Å²) in [5.41, 5.74) is 1.38. The van der Waals surface area contributed by atoms with Gasteiger partial charge in [-0.15, -0.1) is 0 Å². The largest absolute Gasteiger partial charge is 0.219 e. The highest BCUT2D eigenvalue weighted by Gasteiger charge is 1.91. The van der Waals surface area contributed by atoms with Gasteiger partial charge < -0.3 is 0 Å². The molecule has 0 aromatic heterocycles. The highest BCUT2D eigenvalue weighted by atomic mass is 35.5. The maximum atomic E-state index is 5.72. The van der Waals surface area contributed by atoms with Gasteiger partial charge in [0.1, 0.15) is 0 Å². The molecule has 0 bridgehead atoms. The van der Waals surface area contributed by atoms with Crippen LogP contribution in [0.2, 0.25) is 10.0 Å². The van der Waals surface area contributed by atoms with Crippen LogP contribution in [0.1, 0.15) is 0 Å². The molecule has 0 N–H and O–H groups in total. The zero-order valence-electron chi connectivity index (χ0n) is 3.99. The molecule has 3 heteroatoms. The third kappa shape index (κ3) is 1.63. The van der Waals surface area contributed by atoms with Crippen LogP contribution >= 0.6 is 23.2 Å². The quantitative estimate of drug-likeness (QED) is 0.496. The molecule has 0 spiro atoms. The summed E-state index contributed by atoms with van der Waals surface area (Å²) in [4.78, 5) is 0. The Bertz CT molecular complexity index is 222. The molecule has 0 aliphatic carbocycles. The molecule has 9 heavy (non-hydrogen) atoms. The SMILES string of the molecule is [BH3-]c1ccc(Cl)c(Cl)c1.